The fraction of sp³-hybridized carbons (Fsp3) is 0.222. The lowest BCUT2D eigenvalue weighted by atomic mass is 9.95. The molecule has 1 atom stereocenters. The first-order chi connectivity index (χ1) is 6.16. The number of hydrogen-bond acceptors (Lipinski definition) is 3. The number of cyclic esters (lactones) is 2. The van der Waals surface area contributed by atoms with Crippen LogP contribution in [0.4, 0.5) is 4.79 Å². The van der Waals surface area contributed by atoms with E-state index in [9.17, 15) is 9.59 Å². The predicted molar refractivity (Wildman–Crippen MR) is 45.3 cm³/mol. The van der Waals surface area contributed by atoms with Crippen molar-refractivity contribution in [2.45, 2.75) is 6.92 Å². The molecule has 2 aliphatic rings. The van der Waals surface area contributed by atoms with Crippen molar-refractivity contribution < 1.29 is 14.3 Å². The molecule has 0 N–H and O–H groups in total. The third-order valence-electron chi connectivity index (χ3n) is 1.91. The van der Waals surface area contributed by atoms with E-state index in [1.54, 1.807) is 18.2 Å². The molecular weight excluding hydrogens is 170 g/mol. The summed E-state index contributed by atoms with van der Waals surface area (Å²) in [6.45, 7) is 1.87. The van der Waals surface area contributed by atoms with Crippen molar-refractivity contribution >= 4 is 17.8 Å². The summed E-state index contributed by atoms with van der Waals surface area (Å²) in [4.78, 5) is 25.5. The van der Waals surface area contributed by atoms with Crippen LogP contribution in [-0.2, 0) is 9.53 Å². The molecule has 4 heteroatoms. The van der Waals surface area contributed by atoms with E-state index in [1.165, 1.54) is 0 Å². The Morgan fingerprint density at radius 1 is 1.46 bits per heavy atom. The minimum absolute atomic E-state index is 0.473. The molecule has 0 fully saturated rings. The van der Waals surface area contributed by atoms with Crippen LogP contribution in [0.15, 0.2) is 28.8 Å². The van der Waals surface area contributed by atoms with Crippen LogP contribution in [0.25, 0.3) is 0 Å². The van der Waals surface area contributed by atoms with Gasteiger partial charge in [-0.3, -0.25) is 4.79 Å². The van der Waals surface area contributed by atoms with Gasteiger partial charge in [-0.05, 0) is 18.6 Å². The molecule has 0 saturated heterocycles. The molecule has 0 aromatic rings. The number of allylic oxidation sites excluding steroid dienone is 3. The van der Waals surface area contributed by atoms with Crippen LogP contribution in [0.2, 0.25) is 0 Å². The summed E-state index contributed by atoms with van der Waals surface area (Å²) in [7, 11) is 0. The summed E-state index contributed by atoms with van der Waals surface area (Å²) in [6.07, 6.45) is 4.38. The van der Waals surface area contributed by atoms with E-state index in [2.05, 4.69) is 9.73 Å². The monoisotopic (exact) mass is 177 g/mol. The molecule has 1 heterocycles. The number of carbonyl (C=O) groups excluding carboxylic acids is 2. The summed E-state index contributed by atoms with van der Waals surface area (Å²) in [5.41, 5.74) is 1.44. The quantitative estimate of drug-likeness (QED) is 0.413. The van der Waals surface area contributed by atoms with Crippen molar-refractivity contribution in [1.29, 1.82) is 0 Å². The second-order valence-corrected chi connectivity index (χ2v) is 2.95. The Kier molecular flexibility index (Phi) is 1.62. The van der Waals surface area contributed by atoms with Crippen molar-refractivity contribution in [3.05, 3.63) is 23.8 Å². The summed E-state index contributed by atoms with van der Waals surface area (Å²) in [5, 5.41) is 0. The second kappa shape index (κ2) is 2.65. The number of esters is 1. The van der Waals surface area contributed by atoms with Gasteiger partial charge in [-0.25, -0.2) is 4.79 Å². The van der Waals surface area contributed by atoms with Gasteiger partial charge in [-0.15, -0.1) is 0 Å². The van der Waals surface area contributed by atoms with Crippen LogP contribution in [0.1, 0.15) is 6.92 Å². The minimum Gasteiger partial charge on any atom is -0.374 e. The third-order valence-corrected chi connectivity index (χ3v) is 1.91. The zero-order chi connectivity index (χ0) is 9.42. The van der Waals surface area contributed by atoms with Gasteiger partial charge in [0, 0.05) is 0 Å². The third kappa shape index (κ3) is 1.30. The van der Waals surface area contributed by atoms with Gasteiger partial charge in [0.15, 0.2) is 0 Å². The smallest absolute Gasteiger partial charge is 0.374 e. The van der Waals surface area contributed by atoms with Crippen molar-refractivity contribution in [2.75, 3.05) is 0 Å². The fourth-order valence-electron chi connectivity index (χ4n) is 1.30. The van der Waals surface area contributed by atoms with Crippen LogP contribution >= 0.6 is 0 Å². The Labute approximate surface area is 74.6 Å². The maximum atomic E-state index is 11.1. The number of rotatable bonds is 0. The summed E-state index contributed by atoms with van der Waals surface area (Å²) < 4.78 is 4.35. The van der Waals surface area contributed by atoms with Gasteiger partial charge in [-0.2, -0.15) is 4.99 Å². The van der Waals surface area contributed by atoms with Gasteiger partial charge in [-0.1, -0.05) is 12.2 Å². The van der Waals surface area contributed by atoms with Gasteiger partial charge < -0.3 is 4.74 Å². The summed E-state index contributed by atoms with van der Waals surface area (Å²) in [5.74, 6) is -1.05. The van der Waals surface area contributed by atoms with Gasteiger partial charge >= 0.3 is 12.1 Å². The lowest BCUT2D eigenvalue weighted by Gasteiger charge is -2.18. The van der Waals surface area contributed by atoms with Gasteiger partial charge in [0.2, 0.25) is 0 Å². The Morgan fingerprint density at radius 2 is 2.23 bits per heavy atom. The van der Waals surface area contributed by atoms with Gasteiger partial charge in [0.25, 0.3) is 0 Å². The largest absolute Gasteiger partial charge is 0.441 e. The first kappa shape index (κ1) is 7.91. The number of hydrogen-bond donors (Lipinski definition) is 0. The van der Waals surface area contributed by atoms with Crippen LogP contribution in [0, 0.1) is 5.92 Å². The number of amides is 1. The van der Waals surface area contributed by atoms with Gasteiger partial charge in [0.05, 0.1) is 5.71 Å². The van der Waals surface area contributed by atoms with E-state index in [4.69, 9.17) is 0 Å². The summed E-state index contributed by atoms with van der Waals surface area (Å²) >= 11 is 0. The molecule has 2 rings (SSSR count). The number of ether oxygens (including phenoxy) is 1. The average molecular weight is 177 g/mol. The van der Waals surface area contributed by atoms with Crippen molar-refractivity contribution in [3.8, 4) is 0 Å². The fourth-order valence-corrected chi connectivity index (χ4v) is 1.30. The molecule has 1 unspecified atom stereocenters. The highest BCUT2D eigenvalue weighted by Gasteiger charge is 2.31. The highest BCUT2D eigenvalue weighted by Crippen LogP contribution is 2.19. The molecule has 66 valence electrons. The molecule has 4 nitrogen and oxygen atoms in total. The zero-order valence-electron chi connectivity index (χ0n) is 6.98. The van der Waals surface area contributed by atoms with E-state index in [1.807, 2.05) is 6.92 Å². The maximum absolute atomic E-state index is 11.1. The molecule has 1 amide bonds. The van der Waals surface area contributed by atoms with E-state index >= 15 is 0 Å². The SMILES string of the molecule is CC1=CC2=NC(=O)OC(=O)C2C=C1. The Morgan fingerprint density at radius 3 is 3.00 bits per heavy atom. The molecule has 0 spiro atoms. The topological polar surface area (TPSA) is 55.7 Å². The van der Waals surface area contributed by atoms with Gasteiger partial charge in [0.1, 0.15) is 5.92 Å². The first-order valence-corrected chi connectivity index (χ1v) is 3.87. The van der Waals surface area contributed by atoms with Crippen LogP contribution in [0.3, 0.4) is 0 Å². The number of fused-ring (bicyclic) bond motifs is 1. The summed E-state index contributed by atoms with van der Waals surface area (Å²) in [6, 6.07) is 0. The molecule has 1 aliphatic carbocycles. The molecule has 0 aromatic carbocycles. The normalized spacial score (nSPS) is 26.1. The molecule has 0 saturated carbocycles. The average Bonchev–Trinajstić information content (AvgIpc) is 2.02. The van der Waals surface area contributed by atoms with Crippen molar-refractivity contribution in [2.24, 2.45) is 10.9 Å². The lowest BCUT2D eigenvalue weighted by Crippen LogP contribution is -2.31. The molecule has 0 aromatic heterocycles. The molecule has 0 bridgehead atoms. The highest BCUT2D eigenvalue weighted by atomic mass is 16.6. The number of nitrogens with zero attached hydrogens (tertiary/aromatic N) is 1. The van der Waals surface area contributed by atoms with Crippen LogP contribution in [0.5, 0.6) is 0 Å². The standard InChI is InChI=1S/C9H7NO3/c1-5-2-3-6-7(4-5)10-9(12)13-8(6)11/h2-4,6H,1H3. The van der Waals surface area contributed by atoms with Crippen molar-refractivity contribution in [1.82, 2.24) is 0 Å². The number of carbonyl (C=O) groups is 2. The van der Waals surface area contributed by atoms with Crippen molar-refractivity contribution in [3.63, 3.8) is 0 Å². The van der Waals surface area contributed by atoms with Crippen LogP contribution < -0.4 is 0 Å². The Bertz CT molecular complexity index is 376. The molecule has 1 aliphatic heterocycles. The zero-order valence-corrected chi connectivity index (χ0v) is 6.98. The Hall–Kier alpha value is -1.71. The lowest BCUT2D eigenvalue weighted by molar-refractivity contribution is -0.138. The van der Waals surface area contributed by atoms with E-state index < -0.39 is 18.0 Å². The first-order valence-electron chi connectivity index (χ1n) is 3.87. The molecular formula is C9H7NO3. The van der Waals surface area contributed by atoms with Crippen LogP contribution in [-0.4, -0.2) is 17.8 Å². The molecule has 13 heavy (non-hydrogen) atoms. The van der Waals surface area contributed by atoms with E-state index in [0.29, 0.717) is 5.71 Å². The second-order valence-electron chi connectivity index (χ2n) is 2.95. The predicted octanol–water partition coefficient (Wildman–Crippen LogP) is 1.24. The van der Waals surface area contributed by atoms with E-state index in [0.717, 1.165) is 5.57 Å². The van der Waals surface area contributed by atoms with E-state index in [-0.39, 0.29) is 0 Å². The molecule has 0 radical (unpaired) electrons. The Balaban J connectivity index is 2.44. The number of aliphatic imine (C=N–C) groups is 1. The highest BCUT2D eigenvalue weighted by molar-refractivity contribution is 6.18. The maximum Gasteiger partial charge on any atom is 0.441 e. The minimum atomic E-state index is -0.824.